The minimum absolute atomic E-state index is 0.0434. The lowest BCUT2D eigenvalue weighted by Crippen LogP contribution is -2.13. The normalized spacial score (nSPS) is 10.9. The number of ether oxygens (including phenoxy) is 2. The zero-order valence-electron chi connectivity index (χ0n) is 18.1. The molecule has 0 fully saturated rings. The lowest BCUT2D eigenvalue weighted by molar-refractivity contribution is -0.147. The van der Waals surface area contributed by atoms with Gasteiger partial charge in [-0.25, -0.2) is 0 Å². The molecule has 0 spiro atoms. The van der Waals surface area contributed by atoms with E-state index in [9.17, 15) is 9.59 Å². The van der Waals surface area contributed by atoms with Crippen molar-refractivity contribution in [2.75, 3.05) is 6.61 Å². The van der Waals surface area contributed by atoms with E-state index in [1.165, 1.54) is 57.4 Å². The van der Waals surface area contributed by atoms with Crippen molar-refractivity contribution in [1.29, 1.82) is 0 Å². The third-order valence-corrected chi connectivity index (χ3v) is 6.36. The molecule has 1 aromatic rings. The second kappa shape index (κ2) is 16.9. The van der Waals surface area contributed by atoms with Gasteiger partial charge in [-0.05, 0) is 12.5 Å². The topological polar surface area (TPSA) is 52.6 Å². The Bertz CT molecular complexity index is 695. The SMILES string of the molecule is CCCCCCCCCCCCCOC(=O)CCC(=O)Oc1c(Cl)cc(Cl)c(Cl)c1Cl. The summed E-state index contributed by atoms with van der Waals surface area (Å²) in [4.78, 5) is 23.8. The first-order valence-corrected chi connectivity index (χ1v) is 12.6. The van der Waals surface area contributed by atoms with Crippen LogP contribution in [0.15, 0.2) is 6.07 Å². The minimum Gasteiger partial charge on any atom is -0.466 e. The molecule has 0 aliphatic carbocycles. The van der Waals surface area contributed by atoms with Crippen molar-refractivity contribution in [3.63, 3.8) is 0 Å². The van der Waals surface area contributed by atoms with Crippen LogP contribution < -0.4 is 4.74 Å². The highest BCUT2D eigenvalue weighted by Gasteiger charge is 2.19. The maximum absolute atomic E-state index is 12.0. The van der Waals surface area contributed by atoms with Crippen molar-refractivity contribution in [3.05, 3.63) is 26.2 Å². The predicted octanol–water partition coefficient (Wildman–Crippen LogP) is 8.84. The fraction of sp³-hybridized carbons (Fsp3) is 0.652. The van der Waals surface area contributed by atoms with E-state index in [-0.39, 0.29) is 38.7 Å². The van der Waals surface area contributed by atoms with E-state index in [4.69, 9.17) is 55.9 Å². The number of benzene rings is 1. The standard InChI is InChI=1S/C23H32Cl4O4/c1-2-3-4-5-6-7-8-9-10-11-12-15-30-19(28)13-14-20(29)31-23-18(25)16-17(24)21(26)22(23)27/h16H,2-15H2,1H3. The van der Waals surface area contributed by atoms with Crippen LogP contribution in [0.4, 0.5) is 0 Å². The molecular formula is C23H32Cl4O4. The Balaban J connectivity index is 2.08. The molecule has 8 heteroatoms. The Morgan fingerprint density at radius 3 is 1.81 bits per heavy atom. The average Bonchev–Trinajstić information content (AvgIpc) is 2.74. The highest BCUT2D eigenvalue weighted by atomic mass is 35.5. The molecule has 1 rings (SSSR count). The van der Waals surface area contributed by atoms with Crippen LogP contribution in [0, 0.1) is 0 Å². The average molecular weight is 514 g/mol. The number of hydrogen-bond donors (Lipinski definition) is 0. The van der Waals surface area contributed by atoms with Crippen LogP contribution in [0.2, 0.25) is 20.1 Å². The number of carbonyl (C=O) groups excluding carboxylic acids is 2. The molecule has 0 aromatic heterocycles. The monoisotopic (exact) mass is 512 g/mol. The quantitative estimate of drug-likeness (QED) is 0.0727. The molecule has 0 saturated carbocycles. The maximum atomic E-state index is 12.0. The summed E-state index contributed by atoms with van der Waals surface area (Å²) >= 11 is 23.8. The zero-order valence-corrected chi connectivity index (χ0v) is 21.1. The van der Waals surface area contributed by atoms with Gasteiger partial charge in [-0.2, -0.15) is 0 Å². The van der Waals surface area contributed by atoms with Gasteiger partial charge in [-0.15, -0.1) is 0 Å². The van der Waals surface area contributed by atoms with Crippen LogP contribution in [0.1, 0.15) is 90.4 Å². The molecule has 0 aliphatic rings. The molecule has 1 aromatic carbocycles. The molecule has 176 valence electrons. The Morgan fingerprint density at radius 1 is 0.710 bits per heavy atom. The number of rotatable bonds is 16. The molecular weight excluding hydrogens is 482 g/mol. The van der Waals surface area contributed by atoms with Gasteiger partial charge in [0.1, 0.15) is 5.02 Å². The first-order valence-electron chi connectivity index (χ1n) is 11.1. The van der Waals surface area contributed by atoms with Gasteiger partial charge < -0.3 is 9.47 Å². The van der Waals surface area contributed by atoms with Crippen molar-refractivity contribution >= 4 is 58.3 Å². The van der Waals surface area contributed by atoms with Crippen molar-refractivity contribution in [1.82, 2.24) is 0 Å². The summed E-state index contributed by atoms with van der Waals surface area (Å²) in [7, 11) is 0. The fourth-order valence-corrected chi connectivity index (χ4v) is 4.02. The van der Waals surface area contributed by atoms with Crippen LogP contribution in [0.25, 0.3) is 0 Å². The number of esters is 2. The van der Waals surface area contributed by atoms with E-state index in [1.54, 1.807) is 0 Å². The molecule has 0 amide bonds. The summed E-state index contributed by atoms with van der Waals surface area (Å²) in [5.74, 6) is -1.17. The molecule has 0 unspecified atom stereocenters. The summed E-state index contributed by atoms with van der Waals surface area (Å²) < 4.78 is 10.3. The smallest absolute Gasteiger partial charge is 0.311 e. The van der Waals surface area contributed by atoms with E-state index in [0.29, 0.717) is 6.61 Å². The van der Waals surface area contributed by atoms with Gasteiger partial charge in [-0.3, -0.25) is 9.59 Å². The third-order valence-electron chi connectivity index (χ3n) is 4.83. The fourth-order valence-electron chi connectivity index (χ4n) is 3.04. The van der Waals surface area contributed by atoms with Crippen LogP contribution in [-0.4, -0.2) is 18.5 Å². The van der Waals surface area contributed by atoms with Crippen LogP contribution in [-0.2, 0) is 14.3 Å². The van der Waals surface area contributed by atoms with Gasteiger partial charge in [0.05, 0.1) is 34.5 Å². The first-order chi connectivity index (χ1) is 14.9. The van der Waals surface area contributed by atoms with Crippen LogP contribution in [0.5, 0.6) is 5.75 Å². The lowest BCUT2D eigenvalue weighted by atomic mass is 10.1. The molecule has 0 saturated heterocycles. The summed E-state index contributed by atoms with van der Waals surface area (Å²) in [5.41, 5.74) is 0. The second-order valence-corrected chi connectivity index (χ2v) is 9.10. The van der Waals surface area contributed by atoms with Gasteiger partial charge in [0, 0.05) is 0 Å². The van der Waals surface area contributed by atoms with Crippen LogP contribution >= 0.6 is 46.4 Å². The van der Waals surface area contributed by atoms with Crippen molar-refractivity contribution in [2.45, 2.75) is 90.4 Å². The predicted molar refractivity (Wildman–Crippen MR) is 129 cm³/mol. The summed E-state index contributed by atoms with van der Waals surface area (Å²) in [6.45, 7) is 2.60. The minimum atomic E-state index is -0.658. The largest absolute Gasteiger partial charge is 0.466 e. The molecule has 4 nitrogen and oxygen atoms in total. The second-order valence-electron chi connectivity index (χ2n) is 7.53. The number of carbonyl (C=O) groups is 2. The van der Waals surface area contributed by atoms with E-state index in [0.717, 1.165) is 19.3 Å². The van der Waals surface area contributed by atoms with Gasteiger partial charge >= 0.3 is 11.9 Å². The molecule has 0 radical (unpaired) electrons. The van der Waals surface area contributed by atoms with E-state index in [1.807, 2.05) is 0 Å². The van der Waals surface area contributed by atoms with E-state index in [2.05, 4.69) is 6.92 Å². The van der Waals surface area contributed by atoms with Gasteiger partial charge in [0.2, 0.25) is 0 Å². The van der Waals surface area contributed by atoms with Gasteiger partial charge in [0.15, 0.2) is 5.75 Å². The van der Waals surface area contributed by atoms with Gasteiger partial charge in [0.25, 0.3) is 0 Å². The summed E-state index contributed by atoms with van der Waals surface area (Å²) in [5, 5.41) is 0.211. The van der Waals surface area contributed by atoms with Crippen molar-refractivity contribution in [3.8, 4) is 5.75 Å². The Hall–Kier alpha value is -0.680. The third kappa shape index (κ3) is 12.2. The Kier molecular flexibility index (Phi) is 15.4. The van der Waals surface area contributed by atoms with Gasteiger partial charge in [-0.1, -0.05) is 118 Å². The first kappa shape index (κ1) is 28.4. The maximum Gasteiger partial charge on any atom is 0.311 e. The zero-order chi connectivity index (χ0) is 23.1. The molecule has 31 heavy (non-hydrogen) atoms. The Labute approximate surface area is 205 Å². The number of hydrogen-bond acceptors (Lipinski definition) is 4. The molecule has 0 atom stereocenters. The number of halogens is 4. The molecule has 0 aliphatic heterocycles. The summed E-state index contributed by atoms with van der Waals surface area (Å²) in [6, 6.07) is 1.34. The van der Waals surface area contributed by atoms with Crippen LogP contribution in [0.3, 0.4) is 0 Å². The van der Waals surface area contributed by atoms with Crippen molar-refractivity contribution < 1.29 is 19.1 Å². The highest BCUT2D eigenvalue weighted by molar-refractivity contribution is 6.50. The Morgan fingerprint density at radius 2 is 1.23 bits per heavy atom. The highest BCUT2D eigenvalue weighted by Crippen LogP contribution is 2.42. The van der Waals surface area contributed by atoms with Crippen molar-refractivity contribution in [2.24, 2.45) is 0 Å². The number of unbranched alkanes of at least 4 members (excludes halogenated alkanes) is 10. The molecule has 0 bridgehead atoms. The summed E-state index contributed by atoms with van der Waals surface area (Å²) in [6.07, 6.45) is 13.3. The van der Waals surface area contributed by atoms with E-state index < -0.39 is 11.9 Å². The van der Waals surface area contributed by atoms with E-state index >= 15 is 0 Å². The molecule has 0 N–H and O–H groups in total. The lowest BCUT2D eigenvalue weighted by Gasteiger charge is -2.10. The molecule has 0 heterocycles.